The molecule has 3 aromatic rings. The van der Waals surface area contributed by atoms with Crippen LogP contribution in [0.25, 0.3) is 10.8 Å². The highest BCUT2D eigenvalue weighted by atomic mass is 16.2. The number of fused-ring (bicyclic) bond motifs is 1. The van der Waals surface area contributed by atoms with Crippen LogP contribution in [0.1, 0.15) is 41.6 Å². The lowest BCUT2D eigenvalue weighted by atomic mass is 9.90. The molecule has 5 rings (SSSR count). The molecule has 0 bridgehead atoms. The Kier molecular flexibility index (Phi) is 5.69. The van der Waals surface area contributed by atoms with E-state index in [1.165, 1.54) is 5.56 Å². The molecule has 1 heterocycles. The Morgan fingerprint density at radius 3 is 2.44 bits per heavy atom. The van der Waals surface area contributed by atoms with Gasteiger partial charge in [0, 0.05) is 31.1 Å². The van der Waals surface area contributed by atoms with Crippen molar-refractivity contribution >= 4 is 22.6 Å². The predicted octanol–water partition coefficient (Wildman–Crippen LogP) is 4.83. The summed E-state index contributed by atoms with van der Waals surface area (Å²) in [4.78, 5) is 27.9. The number of nitrogens with zero attached hydrogens (tertiary/aromatic N) is 1. The molecule has 4 nitrogen and oxygen atoms in total. The predicted molar refractivity (Wildman–Crippen MR) is 127 cm³/mol. The Morgan fingerprint density at radius 2 is 1.62 bits per heavy atom. The van der Waals surface area contributed by atoms with Crippen LogP contribution in [0.2, 0.25) is 0 Å². The molecule has 1 saturated heterocycles. The lowest BCUT2D eigenvalue weighted by molar-refractivity contribution is -0.123. The summed E-state index contributed by atoms with van der Waals surface area (Å²) in [7, 11) is 0. The molecule has 2 amide bonds. The van der Waals surface area contributed by atoms with Crippen LogP contribution in [0, 0.1) is 11.3 Å². The summed E-state index contributed by atoms with van der Waals surface area (Å²) in [5.41, 5.74) is 2.20. The number of likely N-dealkylation sites (tertiary alicyclic amines) is 1. The molecule has 2 fully saturated rings. The zero-order valence-electron chi connectivity index (χ0n) is 18.4. The van der Waals surface area contributed by atoms with Gasteiger partial charge in [-0.3, -0.25) is 9.59 Å². The lowest BCUT2D eigenvalue weighted by Crippen LogP contribution is -2.40. The molecule has 1 aliphatic carbocycles. The van der Waals surface area contributed by atoms with Gasteiger partial charge >= 0.3 is 0 Å². The molecule has 4 heteroatoms. The van der Waals surface area contributed by atoms with Crippen LogP contribution >= 0.6 is 0 Å². The maximum Gasteiger partial charge on any atom is 0.254 e. The van der Waals surface area contributed by atoms with Crippen molar-refractivity contribution in [2.75, 3.05) is 19.6 Å². The number of benzene rings is 3. The largest absolute Gasteiger partial charge is 0.356 e. The second-order valence-electron chi connectivity index (χ2n) is 9.32. The van der Waals surface area contributed by atoms with Crippen molar-refractivity contribution in [1.29, 1.82) is 0 Å². The first-order valence-electron chi connectivity index (χ1n) is 11.7. The maximum atomic E-state index is 13.2. The molecule has 1 N–H and O–H groups in total. The van der Waals surface area contributed by atoms with Crippen LogP contribution < -0.4 is 5.32 Å². The van der Waals surface area contributed by atoms with E-state index in [-0.39, 0.29) is 23.1 Å². The molecule has 32 heavy (non-hydrogen) atoms. The molecule has 3 aromatic carbocycles. The third-order valence-electron chi connectivity index (χ3n) is 7.36. The molecule has 1 saturated carbocycles. The van der Waals surface area contributed by atoms with Crippen LogP contribution in [0.15, 0.2) is 72.8 Å². The summed E-state index contributed by atoms with van der Waals surface area (Å²) in [5.74, 6) is 0.431. The highest BCUT2D eigenvalue weighted by Gasteiger charge is 2.58. The van der Waals surface area contributed by atoms with E-state index in [1.807, 2.05) is 53.4 Å². The second kappa shape index (κ2) is 8.78. The van der Waals surface area contributed by atoms with E-state index in [2.05, 4.69) is 29.6 Å². The zero-order chi connectivity index (χ0) is 22.0. The lowest BCUT2D eigenvalue weighted by Gasteiger charge is -2.33. The van der Waals surface area contributed by atoms with Crippen molar-refractivity contribution < 1.29 is 9.59 Å². The van der Waals surface area contributed by atoms with Crippen LogP contribution in [0.4, 0.5) is 0 Å². The first-order valence-corrected chi connectivity index (χ1v) is 11.7. The first-order chi connectivity index (χ1) is 15.7. The summed E-state index contributed by atoms with van der Waals surface area (Å²) < 4.78 is 0. The van der Waals surface area contributed by atoms with Gasteiger partial charge in [0.1, 0.15) is 0 Å². The van der Waals surface area contributed by atoms with Gasteiger partial charge < -0.3 is 10.2 Å². The molecule has 1 aliphatic heterocycles. The van der Waals surface area contributed by atoms with Crippen LogP contribution in [0.5, 0.6) is 0 Å². The Bertz CT molecular complexity index is 1110. The van der Waals surface area contributed by atoms with Gasteiger partial charge in [0.2, 0.25) is 5.91 Å². The van der Waals surface area contributed by atoms with Crippen molar-refractivity contribution in [3.8, 4) is 0 Å². The molecule has 0 aromatic heterocycles. The third-order valence-corrected chi connectivity index (χ3v) is 7.36. The average Bonchev–Trinajstić information content (AvgIpc) is 3.55. The first kappa shape index (κ1) is 20.7. The molecule has 2 aliphatic rings. The normalized spacial score (nSPS) is 19.1. The summed E-state index contributed by atoms with van der Waals surface area (Å²) in [5, 5.41) is 5.26. The second-order valence-corrected chi connectivity index (χ2v) is 9.32. The van der Waals surface area contributed by atoms with Crippen LogP contribution in [-0.2, 0) is 11.2 Å². The number of amides is 2. The van der Waals surface area contributed by atoms with Crippen molar-refractivity contribution in [2.24, 2.45) is 11.3 Å². The van der Waals surface area contributed by atoms with E-state index in [0.717, 1.165) is 68.1 Å². The smallest absolute Gasteiger partial charge is 0.254 e. The number of piperidine rings is 1. The van der Waals surface area contributed by atoms with Crippen molar-refractivity contribution in [3.63, 3.8) is 0 Å². The average molecular weight is 427 g/mol. The van der Waals surface area contributed by atoms with Crippen molar-refractivity contribution in [1.82, 2.24) is 10.2 Å². The number of rotatable bonds is 6. The highest BCUT2D eigenvalue weighted by molar-refractivity contribution is 6.07. The fourth-order valence-corrected chi connectivity index (χ4v) is 5.28. The number of aryl methyl sites for hydroxylation is 1. The maximum absolute atomic E-state index is 13.2. The minimum absolute atomic E-state index is 0.110. The fourth-order valence-electron chi connectivity index (χ4n) is 5.28. The quantitative estimate of drug-likeness (QED) is 0.574. The topological polar surface area (TPSA) is 49.4 Å². The van der Waals surface area contributed by atoms with E-state index in [4.69, 9.17) is 0 Å². The zero-order valence-corrected chi connectivity index (χ0v) is 18.4. The van der Waals surface area contributed by atoms with Gasteiger partial charge in [0.05, 0.1) is 0 Å². The Hall–Kier alpha value is -3.14. The third kappa shape index (κ3) is 4.14. The van der Waals surface area contributed by atoms with Crippen LogP contribution in [0.3, 0.4) is 0 Å². The van der Waals surface area contributed by atoms with Crippen molar-refractivity contribution in [2.45, 2.75) is 32.1 Å². The summed E-state index contributed by atoms with van der Waals surface area (Å²) in [6.45, 7) is 2.20. The van der Waals surface area contributed by atoms with Crippen molar-refractivity contribution in [3.05, 3.63) is 83.9 Å². The Morgan fingerprint density at radius 1 is 0.906 bits per heavy atom. The van der Waals surface area contributed by atoms with Crippen LogP contribution in [-0.4, -0.2) is 36.3 Å². The van der Waals surface area contributed by atoms with Gasteiger partial charge in [-0.05, 0) is 59.9 Å². The van der Waals surface area contributed by atoms with Gasteiger partial charge in [-0.2, -0.15) is 0 Å². The minimum Gasteiger partial charge on any atom is -0.356 e. The molecular weight excluding hydrogens is 396 g/mol. The molecule has 1 atom stereocenters. The number of hydrogen-bond acceptors (Lipinski definition) is 2. The van der Waals surface area contributed by atoms with Gasteiger partial charge in [0.15, 0.2) is 0 Å². The Balaban J connectivity index is 1.12. The van der Waals surface area contributed by atoms with E-state index in [1.54, 1.807) is 0 Å². The molecule has 0 radical (unpaired) electrons. The molecule has 164 valence electrons. The minimum atomic E-state index is 0.110. The Labute approximate surface area is 189 Å². The van der Waals surface area contributed by atoms with Gasteiger partial charge in [-0.25, -0.2) is 0 Å². The number of carbonyl (C=O) groups excluding carboxylic acids is 2. The highest BCUT2D eigenvalue weighted by Crippen LogP contribution is 2.59. The van der Waals surface area contributed by atoms with Gasteiger partial charge in [0.25, 0.3) is 5.91 Å². The number of nitrogens with one attached hydrogen (secondary N) is 1. The van der Waals surface area contributed by atoms with Gasteiger partial charge in [-0.15, -0.1) is 0 Å². The molecular formula is C28H30N2O2. The summed E-state index contributed by atoms with van der Waals surface area (Å²) in [6, 6.07) is 24.4. The van der Waals surface area contributed by atoms with Gasteiger partial charge in [-0.1, -0.05) is 66.7 Å². The van der Waals surface area contributed by atoms with E-state index in [0.29, 0.717) is 0 Å². The molecule has 1 unspecified atom stereocenters. The van der Waals surface area contributed by atoms with E-state index >= 15 is 0 Å². The SMILES string of the molecule is O=C(NCCCc1ccccc1)C1CC12CCN(C(=O)c1cccc3ccccc13)CC2. The standard InChI is InChI=1S/C28H30N2O2/c31-26(29-17-7-10-21-8-2-1-3-9-21)25-20-28(25)15-18-30(19-16-28)27(32)24-14-6-12-22-11-4-5-13-23(22)24/h1-6,8-9,11-14,25H,7,10,15-20H2,(H,29,31). The fraction of sp³-hybridized carbons (Fsp3) is 0.357. The van der Waals surface area contributed by atoms with E-state index in [9.17, 15) is 9.59 Å². The monoisotopic (exact) mass is 426 g/mol. The number of hydrogen-bond donors (Lipinski definition) is 1. The number of carbonyl (C=O) groups is 2. The summed E-state index contributed by atoms with van der Waals surface area (Å²) >= 11 is 0. The van der Waals surface area contributed by atoms with E-state index < -0.39 is 0 Å². The summed E-state index contributed by atoms with van der Waals surface area (Å²) in [6.07, 6.45) is 4.76. The molecule has 1 spiro atoms.